The van der Waals surface area contributed by atoms with Crippen molar-refractivity contribution >= 4 is 17.4 Å². The molecular formula is C31H40N2O7. The first-order chi connectivity index (χ1) is 19.5. The number of unbranched alkanes of at least 4 members (excludes halogenated alkanes) is 1. The first-order valence-electron chi connectivity index (χ1n) is 14.1. The first kappa shape index (κ1) is 29.4. The molecule has 2 heterocycles. The second-order valence-electron chi connectivity index (χ2n) is 9.87. The topological polar surface area (TPSA) is 97.8 Å². The quantitative estimate of drug-likeness (QED) is 0.169. The number of likely N-dealkylation sites (tertiary alicyclic amines) is 1. The lowest BCUT2D eigenvalue weighted by molar-refractivity contribution is -0.140. The molecule has 9 nitrogen and oxygen atoms in total. The van der Waals surface area contributed by atoms with E-state index in [1.165, 1.54) is 0 Å². The summed E-state index contributed by atoms with van der Waals surface area (Å²) in [5.41, 5.74) is 1.16. The van der Waals surface area contributed by atoms with E-state index in [1.807, 2.05) is 13.0 Å². The number of ether oxygens (including phenoxy) is 4. The van der Waals surface area contributed by atoms with Crippen LogP contribution in [0.4, 0.5) is 0 Å². The largest absolute Gasteiger partial charge is 0.507 e. The maximum atomic E-state index is 13.4. The van der Waals surface area contributed by atoms with Crippen LogP contribution in [0.1, 0.15) is 50.3 Å². The van der Waals surface area contributed by atoms with E-state index in [4.69, 9.17) is 18.9 Å². The van der Waals surface area contributed by atoms with Crippen LogP contribution in [0, 0.1) is 0 Å². The van der Waals surface area contributed by atoms with Gasteiger partial charge in [-0.2, -0.15) is 0 Å². The van der Waals surface area contributed by atoms with Crippen LogP contribution in [0.25, 0.3) is 5.76 Å². The Morgan fingerprint density at radius 3 is 2.40 bits per heavy atom. The summed E-state index contributed by atoms with van der Waals surface area (Å²) >= 11 is 0. The summed E-state index contributed by atoms with van der Waals surface area (Å²) in [6.07, 6.45) is 2.66. The van der Waals surface area contributed by atoms with E-state index in [1.54, 1.807) is 48.4 Å². The lowest BCUT2D eigenvalue weighted by Gasteiger charge is -2.29. The predicted octanol–water partition coefficient (Wildman–Crippen LogP) is 4.42. The Hall–Kier alpha value is -3.56. The summed E-state index contributed by atoms with van der Waals surface area (Å²) in [5, 5.41) is 11.4. The number of hydrogen-bond donors (Lipinski definition) is 1. The van der Waals surface area contributed by atoms with E-state index < -0.39 is 17.7 Å². The molecule has 0 aromatic heterocycles. The van der Waals surface area contributed by atoms with Gasteiger partial charge in [-0.25, -0.2) is 0 Å². The number of hydrogen-bond acceptors (Lipinski definition) is 8. The van der Waals surface area contributed by atoms with Crippen molar-refractivity contribution in [3.63, 3.8) is 0 Å². The zero-order valence-electron chi connectivity index (χ0n) is 23.7. The molecule has 0 aliphatic carbocycles. The number of amides is 1. The number of carbonyl (C=O) groups excluding carboxylic acids is 2. The van der Waals surface area contributed by atoms with Gasteiger partial charge in [0.05, 0.1) is 45.2 Å². The molecule has 4 rings (SSSR count). The Morgan fingerprint density at radius 1 is 0.975 bits per heavy atom. The van der Waals surface area contributed by atoms with Crippen LogP contribution in [-0.4, -0.2) is 86.3 Å². The molecule has 0 saturated carbocycles. The first-order valence-corrected chi connectivity index (χ1v) is 14.1. The van der Waals surface area contributed by atoms with Gasteiger partial charge in [0.15, 0.2) is 11.5 Å². The van der Waals surface area contributed by atoms with E-state index in [2.05, 4.69) is 11.8 Å². The van der Waals surface area contributed by atoms with Gasteiger partial charge in [0.1, 0.15) is 11.5 Å². The van der Waals surface area contributed by atoms with Gasteiger partial charge in [-0.1, -0.05) is 19.4 Å². The van der Waals surface area contributed by atoms with Crippen LogP contribution in [0.3, 0.4) is 0 Å². The van der Waals surface area contributed by atoms with Crippen LogP contribution in [-0.2, 0) is 14.3 Å². The molecule has 0 spiro atoms. The molecule has 0 radical (unpaired) electrons. The summed E-state index contributed by atoms with van der Waals surface area (Å²) in [6, 6.07) is 11.5. The maximum absolute atomic E-state index is 13.4. The average Bonchev–Trinajstić information content (AvgIpc) is 3.23. The molecule has 2 fully saturated rings. The van der Waals surface area contributed by atoms with Crippen molar-refractivity contribution in [1.82, 2.24) is 9.80 Å². The van der Waals surface area contributed by atoms with Gasteiger partial charge in [-0.05, 0) is 61.7 Å². The van der Waals surface area contributed by atoms with Crippen molar-refractivity contribution in [1.29, 1.82) is 0 Å². The molecule has 2 aromatic carbocycles. The minimum atomic E-state index is -0.769. The number of methoxy groups -OCH3 is 1. The molecular weight excluding hydrogens is 512 g/mol. The molecule has 40 heavy (non-hydrogen) atoms. The third-order valence-electron chi connectivity index (χ3n) is 7.21. The molecule has 1 amide bonds. The normalized spacial score (nSPS) is 19.2. The predicted molar refractivity (Wildman–Crippen MR) is 152 cm³/mol. The van der Waals surface area contributed by atoms with Crippen molar-refractivity contribution in [3.05, 3.63) is 59.2 Å². The number of aliphatic hydroxyl groups excluding tert-OH is 1. The van der Waals surface area contributed by atoms with Gasteiger partial charge in [-0.15, -0.1) is 0 Å². The highest BCUT2D eigenvalue weighted by atomic mass is 16.5. The van der Waals surface area contributed by atoms with Gasteiger partial charge in [0.2, 0.25) is 0 Å². The molecule has 2 saturated heterocycles. The highest BCUT2D eigenvalue weighted by Gasteiger charge is 2.46. The third-order valence-corrected chi connectivity index (χ3v) is 7.21. The Morgan fingerprint density at radius 2 is 1.73 bits per heavy atom. The van der Waals surface area contributed by atoms with E-state index in [9.17, 15) is 14.7 Å². The second kappa shape index (κ2) is 14.2. The van der Waals surface area contributed by atoms with E-state index >= 15 is 0 Å². The molecule has 2 aromatic rings. The fourth-order valence-electron chi connectivity index (χ4n) is 5.07. The summed E-state index contributed by atoms with van der Waals surface area (Å²) < 4.78 is 22.4. The third kappa shape index (κ3) is 6.77. The minimum Gasteiger partial charge on any atom is -0.507 e. The summed E-state index contributed by atoms with van der Waals surface area (Å²) in [7, 11) is 1.55. The number of ketones is 1. The maximum Gasteiger partial charge on any atom is 0.295 e. The Bertz CT molecular complexity index is 1190. The molecule has 2 aliphatic heterocycles. The van der Waals surface area contributed by atoms with Crippen molar-refractivity contribution in [2.75, 3.05) is 59.7 Å². The fraction of sp³-hybridized carbons (Fsp3) is 0.484. The minimum absolute atomic E-state index is 0.0576. The SMILES string of the molecule is CCCCOc1ccc(/C(O)=C2\C(=O)C(=O)N(CCCN3CCOCC3)C2c2ccc(OCC)c(OC)c2)cc1. The molecule has 1 unspecified atom stereocenters. The molecule has 2 aliphatic rings. The molecule has 1 N–H and O–H groups in total. The lowest BCUT2D eigenvalue weighted by atomic mass is 9.95. The van der Waals surface area contributed by atoms with Gasteiger partial charge < -0.3 is 29.0 Å². The van der Waals surface area contributed by atoms with Gasteiger partial charge in [0.25, 0.3) is 11.7 Å². The van der Waals surface area contributed by atoms with Crippen LogP contribution in [0.2, 0.25) is 0 Å². The summed E-state index contributed by atoms with van der Waals surface area (Å²) in [5.74, 6) is 0.197. The van der Waals surface area contributed by atoms with Crippen molar-refractivity contribution in [3.8, 4) is 17.2 Å². The standard InChI is InChI=1S/C31H40N2O7/c1-4-6-18-40-24-11-8-22(9-12-24)29(34)27-28(23-10-13-25(39-5-2)26(21-23)37-3)33(31(36)30(27)35)15-7-14-32-16-19-38-20-17-32/h8-13,21,28,34H,4-7,14-20H2,1-3H3/b29-27+. The number of carbonyl (C=O) groups is 2. The Kier molecular flexibility index (Phi) is 10.4. The van der Waals surface area contributed by atoms with Crippen LogP contribution in [0.5, 0.6) is 17.2 Å². The highest BCUT2D eigenvalue weighted by molar-refractivity contribution is 6.46. The average molecular weight is 553 g/mol. The number of nitrogens with zero attached hydrogens (tertiary/aromatic N) is 2. The van der Waals surface area contributed by atoms with Gasteiger partial charge in [-0.3, -0.25) is 14.5 Å². The molecule has 216 valence electrons. The molecule has 0 bridgehead atoms. The van der Waals surface area contributed by atoms with E-state index in [-0.39, 0.29) is 11.3 Å². The zero-order valence-corrected chi connectivity index (χ0v) is 23.7. The summed E-state index contributed by atoms with van der Waals surface area (Å²) in [4.78, 5) is 30.6. The lowest BCUT2D eigenvalue weighted by Crippen LogP contribution is -2.39. The molecule has 9 heteroatoms. The number of Topliss-reactive ketones (excluding diaryl/α,β-unsaturated/α-hetero) is 1. The molecule has 1 atom stereocenters. The highest BCUT2D eigenvalue weighted by Crippen LogP contribution is 2.42. The number of rotatable bonds is 13. The van der Waals surface area contributed by atoms with Crippen LogP contribution < -0.4 is 14.2 Å². The van der Waals surface area contributed by atoms with Crippen molar-refractivity contribution in [2.24, 2.45) is 0 Å². The number of morpholine rings is 1. The Labute approximate surface area is 236 Å². The van der Waals surface area contributed by atoms with Gasteiger partial charge in [0, 0.05) is 31.7 Å². The van der Waals surface area contributed by atoms with Crippen molar-refractivity contribution in [2.45, 2.75) is 39.2 Å². The smallest absolute Gasteiger partial charge is 0.295 e. The van der Waals surface area contributed by atoms with Gasteiger partial charge >= 0.3 is 0 Å². The monoisotopic (exact) mass is 552 g/mol. The van der Waals surface area contributed by atoms with Crippen molar-refractivity contribution < 1.29 is 33.6 Å². The zero-order chi connectivity index (χ0) is 28.5. The number of benzene rings is 2. The fourth-order valence-corrected chi connectivity index (χ4v) is 5.07. The van der Waals surface area contributed by atoms with Crippen LogP contribution in [0.15, 0.2) is 48.0 Å². The van der Waals surface area contributed by atoms with E-state index in [0.29, 0.717) is 67.8 Å². The summed E-state index contributed by atoms with van der Waals surface area (Å²) in [6.45, 7) is 9.28. The number of aliphatic hydroxyl groups is 1. The second-order valence-corrected chi connectivity index (χ2v) is 9.87. The Balaban J connectivity index is 1.67. The van der Waals surface area contributed by atoms with E-state index in [0.717, 1.165) is 32.5 Å². The van der Waals surface area contributed by atoms with Crippen LogP contribution >= 0.6 is 0 Å².